The van der Waals surface area contributed by atoms with Crippen LogP contribution in [0.2, 0.25) is 0 Å². The lowest BCUT2D eigenvalue weighted by molar-refractivity contribution is -0.139. The van der Waals surface area contributed by atoms with Crippen LogP contribution < -0.4 is 16.4 Å². The minimum atomic E-state index is -1.23. The van der Waals surface area contributed by atoms with Crippen LogP contribution in [0.5, 0.6) is 0 Å². The summed E-state index contributed by atoms with van der Waals surface area (Å²) in [6.45, 7) is 1.90. The second kappa shape index (κ2) is 7.63. The van der Waals surface area contributed by atoms with Gasteiger partial charge in [0, 0.05) is 16.6 Å². The molecule has 0 aromatic heterocycles. The first-order valence-electron chi connectivity index (χ1n) is 6.14. The van der Waals surface area contributed by atoms with Gasteiger partial charge in [0.2, 0.25) is 5.91 Å². The fourth-order valence-electron chi connectivity index (χ4n) is 1.54. The molecule has 1 atom stereocenters. The molecule has 3 amide bonds. The average molecular weight is 358 g/mol. The fourth-order valence-corrected chi connectivity index (χ4v) is 1.92. The van der Waals surface area contributed by atoms with Crippen molar-refractivity contribution in [3.05, 3.63) is 28.2 Å². The number of halogens is 1. The molecule has 21 heavy (non-hydrogen) atoms. The number of amides is 3. The summed E-state index contributed by atoms with van der Waals surface area (Å²) in [6.07, 6.45) is -0.178. The highest BCUT2D eigenvalue weighted by Gasteiger charge is 2.20. The fraction of sp³-hybridized carbons (Fsp3) is 0.308. The van der Waals surface area contributed by atoms with E-state index in [2.05, 4.69) is 26.6 Å². The van der Waals surface area contributed by atoms with E-state index in [1.165, 1.54) is 0 Å². The van der Waals surface area contributed by atoms with Crippen molar-refractivity contribution in [2.24, 2.45) is 5.73 Å². The number of primary amides is 1. The molecule has 0 saturated heterocycles. The summed E-state index contributed by atoms with van der Waals surface area (Å²) in [5, 5.41) is 13.8. The number of hydrogen-bond donors (Lipinski definition) is 4. The van der Waals surface area contributed by atoms with E-state index < -0.39 is 23.9 Å². The van der Waals surface area contributed by atoms with Gasteiger partial charge in [-0.15, -0.1) is 0 Å². The zero-order valence-corrected chi connectivity index (χ0v) is 12.9. The number of carbonyl (C=O) groups excluding carboxylic acids is 2. The van der Waals surface area contributed by atoms with Crippen LogP contribution in [0, 0.1) is 6.92 Å². The molecule has 0 aliphatic carbocycles. The van der Waals surface area contributed by atoms with Crippen molar-refractivity contribution in [2.75, 3.05) is 5.32 Å². The van der Waals surface area contributed by atoms with Crippen LogP contribution in [0.4, 0.5) is 10.5 Å². The molecule has 114 valence electrons. The summed E-state index contributed by atoms with van der Waals surface area (Å²) < 4.78 is 0.823. The van der Waals surface area contributed by atoms with Crippen molar-refractivity contribution in [1.29, 1.82) is 0 Å². The molecular formula is C13H16BrN3O4. The first-order valence-corrected chi connectivity index (χ1v) is 6.93. The van der Waals surface area contributed by atoms with Gasteiger partial charge in [-0.2, -0.15) is 0 Å². The molecule has 0 aliphatic rings. The lowest BCUT2D eigenvalue weighted by atomic mass is 10.1. The number of carbonyl (C=O) groups is 3. The Hall–Kier alpha value is -2.09. The highest BCUT2D eigenvalue weighted by molar-refractivity contribution is 9.10. The van der Waals surface area contributed by atoms with E-state index in [9.17, 15) is 14.4 Å². The van der Waals surface area contributed by atoms with Crippen LogP contribution in [0.15, 0.2) is 22.7 Å². The topological polar surface area (TPSA) is 122 Å². The SMILES string of the molecule is Cc1ccc(NC(=O)N[C@@H](CCC(N)=O)C(=O)O)cc1Br. The zero-order valence-electron chi connectivity index (χ0n) is 11.4. The van der Waals surface area contributed by atoms with Gasteiger partial charge in [-0.3, -0.25) is 4.79 Å². The molecular weight excluding hydrogens is 342 g/mol. The summed E-state index contributed by atoms with van der Waals surface area (Å²) in [7, 11) is 0. The molecule has 0 fully saturated rings. The van der Waals surface area contributed by atoms with E-state index in [1.54, 1.807) is 12.1 Å². The Bertz CT molecular complexity index is 562. The second-order valence-corrected chi connectivity index (χ2v) is 5.31. The van der Waals surface area contributed by atoms with Crippen molar-refractivity contribution >= 4 is 39.5 Å². The number of nitrogens with one attached hydrogen (secondary N) is 2. The number of carboxylic acid groups (broad SMARTS) is 1. The lowest BCUT2D eigenvalue weighted by Gasteiger charge is -2.14. The lowest BCUT2D eigenvalue weighted by Crippen LogP contribution is -2.43. The maximum atomic E-state index is 11.8. The van der Waals surface area contributed by atoms with E-state index in [-0.39, 0.29) is 12.8 Å². The predicted octanol–water partition coefficient (Wildman–Crippen LogP) is 1.60. The third-order valence-corrected chi connectivity index (χ3v) is 3.57. The van der Waals surface area contributed by atoms with Gasteiger partial charge in [-0.25, -0.2) is 9.59 Å². The van der Waals surface area contributed by atoms with Crippen LogP contribution in [0.3, 0.4) is 0 Å². The summed E-state index contributed by atoms with van der Waals surface area (Å²) in [5.41, 5.74) is 6.48. The third-order valence-electron chi connectivity index (χ3n) is 2.71. The van der Waals surface area contributed by atoms with E-state index in [0.717, 1.165) is 10.0 Å². The molecule has 0 bridgehead atoms. The first kappa shape index (κ1) is 17.0. The van der Waals surface area contributed by atoms with E-state index in [0.29, 0.717) is 5.69 Å². The summed E-state index contributed by atoms with van der Waals surface area (Å²) in [6, 6.07) is 3.36. The van der Waals surface area contributed by atoms with Crippen LogP contribution in [-0.2, 0) is 9.59 Å². The Kier molecular flexibility index (Phi) is 6.16. The van der Waals surface area contributed by atoms with Crippen molar-refractivity contribution in [2.45, 2.75) is 25.8 Å². The Morgan fingerprint density at radius 3 is 2.57 bits per heavy atom. The van der Waals surface area contributed by atoms with Crippen molar-refractivity contribution in [3.63, 3.8) is 0 Å². The molecule has 1 aromatic carbocycles. The Morgan fingerprint density at radius 1 is 1.38 bits per heavy atom. The molecule has 5 N–H and O–H groups in total. The number of carboxylic acids is 1. The van der Waals surface area contributed by atoms with Gasteiger partial charge in [0.15, 0.2) is 0 Å². The van der Waals surface area contributed by atoms with Crippen molar-refractivity contribution < 1.29 is 19.5 Å². The molecule has 0 saturated carbocycles. The summed E-state index contributed by atoms with van der Waals surface area (Å²) in [5.74, 6) is -1.84. The van der Waals surface area contributed by atoms with Crippen molar-refractivity contribution in [1.82, 2.24) is 5.32 Å². The standard InChI is InChI=1S/C13H16BrN3O4/c1-7-2-3-8(6-9(7)14)16-13(21)17-10(12(19)20)4-5-11(15)18/h2-3,6,10H,4-5H2,1H3,(H2,15,18)(H,19,20)(H2,16,17,21)/t10-/m0/s1. The van der Waals surface area contributed by atoms with Gasteiger partial charge in [0.25, 0.3) is 0 Å². The van der Waals surface area contributed by atoms with Gasteiger partial charge >= 0.3 is 12.0 Å². The smallest absolute Gasteiger partial charge is 0.326 e. The number of aliphatic carboxylic acids is 1. The number of nitrogens with two attached hydrogens (primary N) is 1. The number of aryl methyl sites for hydroxylation is 1. The highest BCUT2D eigenvalue weighted by atomic mass is 79.9. The average Bonchev–Trinajstić information content (AvgIpc) is 2.38. The minimum Gasteiger partial charge on any atom is -0.480 e. The molecule has 0 unspecified atom stereocenters. The van der Waals surface area contributed by atoms with E-state index in [1.807, 2.05) is 13.0 Å². The molecule has 0 radical (unpaired) electrons. The van der Waals surface area contributed by atoms with Gasteiger partial charge < -0.3 is 21.5 Å². The minimum absolute atomic E-state index is 0.0598. The largest absolute Gasteiger partial charge is 0.480 e. The molecule has 7 nitrogen and oxygen atoms in total. The Labute approximate surface area is 130 Å². The second-order valence-electron chi connectivity index (χ2n) is 4.46. The molecule has 1 rings (SSSR count). The third kappa shape index (κ3) is 5.82. The van der Waals surface area contributed by atoms with Crippen LogP contribution in [-0.4, -0.2) is 29.1 Å². The molecule has 0 spiro atoms. The van der Waals surface area contributed by atoms with Gasteiger partial charge in [-0.05, 0) is 31.0 Å². The van der Waals surface area contributed by atoms with Gasteiger partial charge in [0.05, 0.1) is 0 Å². The van der Waals surface area contributed by atoms with E-state index >= 15 is 0 Å². The first-order chi connectivity index (χ1) is 9.79. The van der Waals surface area contributed by atoms with Crippen molar-refractivity contribution in [3.8, 4) is 0 Å². The maximum Gasteiger partial charge on any atom is 0.326 e. The number of urea groups is 1. The number of rotatable bonds is 6. The number of anilines is 1. The maximum absolute atomic E-state index is 11.8. The highest BCUT2D eigenvalue weighted by Crippen LogP contribution is 2.20. The van der Waals surface area contributed by atoms with Crippen LogP contribution in [0.1, 0.15) is 18.4 Å². The molecule has 0 heterocycles. The van der Waals surface area contributed by atoms with E-state index in [4.69, 9.17) is 10.8 Å². The quantitative estimate of drug-likeness (QED) is 0.617. The van der Waals surface area contributed by atoms with Crippen LogP contribution >= 0.6 is 15.9 Å². The Balaban J connectivity index is 2.62. The Morgan fingerprint density at radius 2 is 2.05 bits per heavy atom. The molecule has 8 heteroatoms. The summed E-state index contributed by atoms with van der Waals surface area (Å²) >= 11 is 3.33. The zero-order chi connectivity index (χ0) is 16.0. The molecule has 1 aromatic rings. The predicted molar refractivity (Wildman–Crippen MR) is 80.9 cm³/mol. The normalized spacial score (nSPS) is 11.5. The number of hydrogen-bond acceptors (Lipinski definition) is 3. The molecule has 0 aliphatic heterocycles. The monoisotopic (exact) mass is 357 g/mol. The van der Waals surface area contributed by atoms with Gasteiger partial charge in [-0.1, -0.05) is 22.0 Å². The van der Waals surface area contributed by atoms with Gasteiger partial charge in [0.1, 0.15) is 6.04 Å². The summed E-state index contributed by atoms with van der Waals surface area (Å²) in [4.78, 5) is 33.4. The number of benzene rings is 1. The van der Waals surface area contributed by atoms with Crippen LogP contribution in [0.25, 0.3) is 0 Å².